The zero-order valence-corrected chi connectivity index (χ0v) is 13.5. The number of nitrogens with one attached hydrogen (secondary N) is 1. The first-order valence-corrected chi connectivity index (χ1v) is 8.36. The van der Waals surface area contributed by atoms with Crippen molar-refractivity contribution in [3.63, 3.8) is 0 Å². The minimum absolute atomic E-state index is 0.308. The topological polar surface area (TPSA) is 29.9 Å². The molecule has 3 nitrogen and oxygen atoms in total. The lowest BCUT2D eigenvalue weighted by molar-refractivity contribution is 0.263. The van der Waals surface area contributed by atoms with E-state index in [9.17, 15) is 0 Å². The van der Waals surface area contributed by atoms with E-state index >= 15 is 0 Å². The van der Waals surface area contributed by atoms with Gasteiger partial charge < -0.3 is 9.88 Å². The number of imidazole rings is 1. The Morgan fingerprint density at radius 1 is 1.33 bits per heavy atom. The van der Waals surface area contributed by atoms with Gasteiger partial charge in [0.1, 0.15) is 5.82 Å². The Morgan fingerprint density at radius 2 is 2.14 bits per heavy atom. The van der Waals surface area contributed by atoms with Gasteiger partial charge in [-0.15, -0.1) is 0 Å². The van der Waals surface area contributed by atoms with E-state index in [1.807, 2.05) is 0 Å². The van der Waals surface area contributed by atoms with Crippen molar-refractivity contribution < 1.29 is 0 Å². The number of nitrogens with zero attached hydrogens (tertiary/aromatic N) is 2. The predicted octanol–water partition coefficient (Wildman–Crippen LogP) is 4.19. The quantitative estimate of drug-likeness (QED) is 0.912. The van der Waals surface area contributed by atoms with Crippen LogP contribution in [0.1, 0.15) is 57.8 Å². The van der Waals surface area contributed by atoms with Crippen LogP contribution in [-0.2, 0) is 7.05 Å². The van der Waals surface area contributed by atoms with Gasteiger partial charge in [-0.05, 0) is 37.8 Å². The van der Waals surface area contributed by atoms with E-state index in [2.05, 4.69) is 55.0 Å². The summed E-state index contributed by atoms with van der Waals surface area (Å²) in [6, 6.07) is 9.34. The molecule has 1 fully saturated rings. The fraction of sp³-hybridized carbons (Fsp3) is 0.611. The van der Waals surface area contributed by atoms with Gasteiger partial charge in [0.05, 0.1) is 17.1 Å². The maximum atomic E-state index is 4.82. The van der Waals surface area contributed by atoms with Gasteiger partial charge in [-0.3, -0.25) is 0 Å². The summed E-state index contributed by atoms with van der Waals surface area (Å²) in [5.74, 6) is 2.05. The van der Waals surface area contributed by atoms with Crippen LogP contribution in [0.25, 0.3) is 11.0 Å². The number of aromatic nitrogens is 2. The van der Waals surface area contributed by atoms with Gasteiger partial charge in [-0.2, -0.15) is 0 Å². The van der Waals surface area contributed by atoms with Crippen molar-refractivity contribution in [2.75, 3.05) is 0 Å². The molecule has 3 rings (SSSR count). The molecule has 3 unspecified atom stereocenters. The van der Waals surface area contributed by atoms with Crippen molar-refractivity contribution in [2.24, 2.45) is 13.0 Å². The van der Waals surface area contributed by atoms with Crippen LogP contribution < -0.4 is 5.32 Å². The van der Waals surface area contributed by atoms with Crippen molar-refractivity contribution in [3.05, 3.63) is 30.1 Å². The largest absolute Gasteiger partial charge is 0.330 e. The minimum Gasteiger partial charge on any atom is -0.330 e. The minimum atomic E-state index is 0.308. The highest BCUT2D eigenvalue weighted by atomic mass is 15.1. The molecule has 0 aliphatic heterocycles. The fourth-order valence-electron chi connectivity index (χ4n) is 3.79. The van der Waals surface area contributed by atoms with E-state index in [-0.39, 0.29) is 0 Å². The molecule has 1 aromatic heterocycles. The Bertz CT molecular complexity index is 602. The summed E-state index contributed by atoms with van der Waals surface area (Å²) in [5.41, 5.74) is 2.31. The second kappa shape index (κ2) is 6.18. The summed E-state index contributed by atoms with van der Waals surface area (Å²) in [4.78, 5) is 4.82. The lowest BCUT2D eigenvalue weighted by Crippen LogP contribution is -2.36. The standard InChI is InChI=1S/C18H27N3/c1-4-14-8-7-9-15(12-14)19-13(2)18-20-16-10-5-6-11-17(16)21(18)3/h5-6,10-11,13-15,19H,4,7-9,12H2,1-3H3. The third kappa shape index (κ3) is 2.98. The third-order valence-corrected chi connectivity index (χ3v) is 5.05. The molecular weight excluding hydrogens is 258 g/mol. The molecule has 3 heteroatoms. The molecule has 1 aliphatic carbocycles. The molecular formula is C18H27N3. The normalized spacial score (nSPS) is 24.3. The van der Waals surface area contributed by atoms with Crippen molar-refractivity contribution in [1.82, 2.24) is 14.9 Å². The second-order valence-corrected chi connectivity index (χ2v) is 6.54. The first kappa shape index (κ1) is 14.6. The maximum Gasteiger partial charge on any atom is 0.126 e. The predicted molar refractivity (Wildman–Crippen MR) is 88.3 cm³/mol. The summed E-state index contributed by atoms with van der Waals surface area (Å²) < 4.78 is 2.23. The highest BCUT2D eigenvalue weighted by molar-refractivity contribution is 5.75. The third-order valence-electron chi connectivity index (χ3n) is 5.05. The summed E-state index contributed by atoms with van der Waals surface area (Å²) >= 11 is 0. The van der Waals surface area contributed by atoms with Crippen LogP contribution >= 0.6 is 0 Å². The summed E-state index contributed by atoms with van der Waals surface area (Å²) in [6.07, 6.45) is 6.73. The number of rotatable bonds is 4. The first-order valence-electron chi connectivity index (χ1n) is 8.36. The van der Waals surface area contributed by atoms with Gasteiger partial charge in [-0.1, -0.05) is 38.3 Å². The van der Waals surface area contributed by atoms with Gasteiger partial charge in [0.2, 0.25) is 0 Å². The molecule has 1 saturated carbocycles. The average molecular weight is 285 g/mol. The van der Waals surface area contributed by atoms with Crippen LogP contribution in [0.15, 0.2) is 24.3 Å². The molecule has 0 saturated heterocycles. The van der Waals surface area contributed by atoms with E-state index in [0.717, 1.165) is 17.3 Å². The van der Waals surface area contributed by atoms with Gasteiger partial charge in [0.15, 0.2) is 0 Å². The number of para-hydroxylation sites is 2. The zero-order chi connectivity index (χ0) is 14.8. The zero-order valence-electron chi connectivity index (χ0n) is 13.5. The molecule has 1 heterocycles. The van der Waals surface area contributed by atoms with E-state index in [0.29, 0.717) is 12.1 Å². The molecule has 114 valence electrons. The second-order valence-electron chi connectivity index (χ2n) is 6.54. The number of hydrogen-bond acceptors (Lipinski definition) is 2. The van der Waals surface area contributed by atoms with Gasteiger partial charge in [0, 0.05) is 13.1 Å². The Balaban J connectivity index is 1.74. The molecule has 1 aliphatic rings. The lowest BCUT2D eigenvalue weighted by Gasteiger charge is -2.31. The van der Waals surface area contributed by atoms with Crippen molar-refractivity contribution in [2.45, 2.75) is 58.0 Å². The van der Waals surface area contributed by atoms with Crippen molar-refractivity contribution >= 4 is 11.0 Å². The maximum absolute atomic E-state index is 4.82. The lowest BCUT2D eigenvalue weighted by atomic mass is 9.84. The summed E-state index contributed by atoms with van der Waals surface area (Å²) in [7, 11) is 2.12. The SMILES string of the molecule is CCC1CCCC(NC(C)c2nc3ccccc3n2C)C1. The van der Waals surface area contributed by atoms with Crippen molar-refractivity contribution in [3.8, 4) is 0 Å². The fourth-order valence-corrected chi connectivity index (χ4v) is 3.79. The Kier molecular flexibility index (Phi) is 4.29. The van der Waals surface area contributed by atoms with E-state index in [1.54, 1.807) is 0 Å². The molecule has 2 aromatic rings. The van der Waals surface area contributed by atoms with Gasteiger partial charge in [0.25, 0.3) is 0 Å². The number of benzene rings is 1. The van der Waals surface area contributed by atoms with Crippen LogP contribution in [0.3, 0.4) is 0 Å². The van der Waals surface area contributed by atoms with Crippen molar-refractivity contribution in [1.29, 1.82) is 0 Å². The van der Waals surface area contributed by atoms with Crippen LogP contribution in [-0.4, -0.2) is 15.6 Å². The van der Waals surface area contributed by atoms with E-state index < -0.39 is 0 Å². The average Bonchev–Trinajstić information content (AvgIpc) is 2.85. The highest BCUT2D eigenvalue weighted by Gasteiger charge is 2.23. The van der Waals surface area contributed by atoms with Crippen LogP contribution in [0, 0.1) is 5.92 Å². The number of fused-ring (bicyclic) bond motifs is 1. The van der Waals surface area contributed by atoms with Gasteiger partial charge >= 0.3 is 0 Å². The first-order chi connectivity index (χ1) is 10.2. The van der Waals surface area contributed by atoms with E-state index in [1.165, 1.54) is 37.6 Å². The Morgan fingerprint density at radius 3 is 2.90 bits per heavy atom. The summed E-state index contributed by atoms with van der Waals surface area (Å²) in [5, 5.41) is 3.82. The molecule has 3 atom stereocenters. The van der Waals surface area contributed by atoms with Crippen LogP contribution in [0.4, 0.5) is 0 Å². The molecule has 0 bridgehead atoms. The molecule has 21 heavy (non-hydrogen) atoms. The van der Waals surface area contributed by atoms with Crippen LogP contribution in [0.2, 0.25) is 0 Å². The molecule has 0 radical (unpaired) electrons. The van der Waals surface area contributed by atoms with E-state index in [4.69, 9.17) is 4.98 Å². The summed E-state index contributed by atoms with van der Waals surface area (Å²) in [6.45, 7) is 4.57. The highest BCUT2D eigenvalue weighted by Crippen LogP contribution is 2.28. The molecule has 0 spiro atoms. The smallest absolute Gasteiger partial charge is 0.126 e. The number of hydrogen-bond donors (Lipinski definition) is 1. The molecule has 1 aromatic carbocycles. The number of aryl methyl sites for hydroxylation is 1. The monoisotopic (exact) mass is 285 g/mol. The molecule has 1 N–H and O–H groups in total. The Hall–Kier alpha value is -1.35. The Labute approximate surface area is 127 Å². The van der Waals surface area contributed by atoms with Crippen LogP contribution in [0.5, 0.6) is 0 Å². The van der Waals surface area contributed by atoms with Gasteiger partial charge in [-0.25, -0.2) is 4.98 Å². The molecule has 0 amide bonds.